The molecule has 1 aromatic carbocycles. The maximum Gasteiger partial charge on any atom is 0.224 e. The number of nitrogens with two attached hydrogens (primary N) is 1. The van der Waals surface area contributed by atoms with E-state index < -0.39 is 0 Å². The van der Waals surface area contributed by atoms with Crippen molar-refractivity contribution in [2.45, 2.75) is 25.3 Å². The second kappa shape index (κ2) is 5.52. The van der Waals surface area contributed by atoms with Gasteiger partial charge in [0.05, 0.1) is 6.04 Å². The average Bonchev–Trinajstić information content (AvgIpc) is 2.78. The molecule has 1 atom stereocenters. The van der Waals surface area contributed by atoms with Gasteiger partial charge in [-0.15, -0.1) is 0 Å². The van der Waals surface area contributed by atoms with Crippen LogP contribution in [-0.2, 0) is 4.79 Å². The Kier molecular flexibility index (Phi) is 4.02. The predicted octanol–water partition coefficient (Wildman–Crippen LogP) is 2.35. The van der Waals surface area contributed by atoms with Crippen LogP contribution in [0.4, 0.5) is 0 Å². The Morgan fingerprint density at radius 3 is 3.06 bits per heavy atom. The van der Waals surface area contributed by atoms with E-state index in [1.807, 2.05) is 29.2 Å². The van der Waals surface area contributed by atoms with E-state index in [1.54, 1.807) is 0 Å². The summed E-state index contributed by atoms with van der Waals surface area (Å²) < 4.78 is 0. The second-order valence-corrected chi connectivity index (χ2v) is 4.78. The first-order valence-corrected chi connectivity index (χ1v) is 6.35. The van der Waals surface area contributed by atoms with E-state index in [1.165, 1.54) is 0 Å². The van der Waals surface area contributed by atoms with E-state index >= 15 is 0 Å². The lowest BCUT2D eigenvalue weighted by atomic mass is 10.0. The minimum atomic E-state index is 0.148. The van der Waals surface area contributed by atoms with E-state index in [-0.39, 0.29) is 11.9 Å². The number of rotatable bonds is 3. The van der Waals surface area contributed by atoms with E-state index in [0.717, 1.165) is 30.0 Å². The van der Waals surface area contributed by atoms with E-state index in [4.69, 9.17) is 17.3 Å². The third-order valence-electron chi connectivity index (χ3n) is 3.16. The molecule has 0 bridgehead atoms. The molecule has 0 aliphatic carbocycles. The molecule has 92 valence electrons. The lowest BCUT2D eigenvalue weighted by molar-refractivity contribution is -0.131. The van der Waals surface area contributed by atoms with Gasteiger partial charge in [0.2, 0.25) is 5.91 Å². The predicted molar refractivity (Wildman–Crippen MR) is 68.8 cm³/mol. The zero-order valence-electron chi connectivity index (χ0n) is 9.73. The zero-order valence-corrected chi connectivity index (χ0v) is 10.5. The van der Waals surface area contributed by atoms with Crippen molar-refractivity contribution in [3.8, 4) is 0 Å². The third-order valence-corrected chi connectivity index (χ3v) is 3.40. The summed E-state index contributed by atoms with van der Waals surface area (Å²) in [6, 6.07) is 7.94. The fourth-order valence-electron chi connectivity index (χ4n) is 2.39. The van der Waals surface area contributed by atoms with Crippen LogP contribution in [0.25, 0.3) is 0 Å². The highest BCUT2D eigenvalue weighted by Crippen LogP contribution is 2.33. The van der Waals surface area contributed by atoms with Crippen LogP contribution >= 0.6 is 11.6 Å². The summed E-state index contributed by atoms with van der Waals surface area (Å²) in [7, 11) is 0. The largest absolute Gasteiger partial charge is 0.336 e. The molecule has 1 saturated heterocycles. The van der Waals surface area contributed by atoms with Crippen LogP contribution in [0.15, 0.2) is 24.3 Å². The summed E-state index contributed by atoms with van der Waals surface area (Å²) in [5.74, 6) is 0.148. The van der Waals surface area contributed by atoms with Crippen molar-refractivity contribution in [1.82, 2.24) is 4.90 Å². The molecular formula is C13H17ClN2O. The molecule has 0 spiro atoms. The van der Waals surface area contributed by atoms with Gasteiger partial charge in [0.1, 0.15) is 0 Å². The van der Waals surface area contributed by atoms with Gasteiger partial charge in [-0.1, -0.05) is 23.7 Å². The summed E-state index contributed by atoms with van der Waals surface area (Å²) in [5, 5.41) is 0.723. The Morgan fingerprint density at radius 1 is 1.53 bits per heavy atom. The highest BCUT2D eigenvalue weighted by molar-refractivity contribution is 6.30. The first kappa shape index (κ1) is 12.4. The van der Waals surface area contributed by atoms with Crippen LogP contribution in [0.3, 0.4) is 0 Å². The number of likely N-dealkylation sites (tertiary alicyclic amines) is 1. The molecule has 2 N–H and O–H groups in total. The van der Waals surface area contributed by atoms with Crippen molar-refractivity contribution in [1.29, 1.82) is 0 Å². The minimum absolute atomic E-state index is 0.148. The van der Waals surface area contributed by atoms with Gasteiger partial charge in [-0.3, -0.25) is 4.79 Å². The monoisotopic (exact) mass is 252 g/mol. The Bertz CT molecular complexity index is 408. The molecule has 1 aliphatic heterocycles. The standard InChI is InChI=1S/C13H17ClN2O/c14-11-4-1-3-10(9-11)12-5-2-8-16(12)13(17)6-7-15/h1,3-4,9,12H,2,5-8,15H2. The summed E-state index contributed by atoms with van der Waals surface area (Å²) in [4.78, 5) is 13.9. The molecule has 1 heterocycles. The van der Waals surface area contributed by atoms with Crippen molar-refractivity contribution in [2.75, 3.05) is 13.1 Å². The molecule has 17 heavy (non-hydrogen) atoms. The van der Waals surface area contributed by atoms with Gasteiger partial charge < -0.3 is 10.6 Å². The second-order valence-electron chi connectivity index (χ2n) is 4.34. The molecule has 1 aliphatic rings. The number of carbonyl (C=O) groups is 1. The molecule has 1 amide bonds. The van der Waals surface area contributed by atoms with E-state index in [9.17, 15) is 4.79 Å². The van der Waals surface area contributed by atoms with Crippen LogP contribution in [0.5, 0.6) is 0 Å². The van der Waals surface area contributed by atoms with Gasteiger partial charge in [-0.25, -0.2) is 0 Å². The van der Waals surface area contributed by atoms with Gasteiger partial charge >= 0.3 is 0 Å². The normalized spacial score (nSPS) is 19.6. The smallest absolute Gasteiger partial charge is 0.224 e. The van der Waals surface area contributed by atoms with Gasteiger partial charge in [-0.05, 0) is 30.5 Å². The van der Waals surface area contributed by atoms with Crippen LogP contribution in [-0.4, -0.2) is 23.9 Å². The van der Waals surface area contributed by atoms with Crippen molar-refractivity contribution < 1.29 is 4.79 Å². The highest BCUT2D eigenvalue weighted by atomic mass is 35.5. The van der Waals surface area contributed by atoms with Crippen LogP contribution in [0.1, 0.15) is 30.9 Å². The number of amides is 1. The molecule has 1 unspecified atom stereocenters. The van der Waals surface area contributed by atoms with Crippen LogP contribution in [0.2, 0.25) is 5.02 Å². The summed E-state index contributed by atoms with van der Waals surface area (Å²) in [6.45, 7) is 1.24. The highest BCUT2D eigenvalue weighted by Gasteiger charge is 2.29. The molecule has 0 saturated carbocycles. The van der Waals surface area contributed by atoms with E-state index in [0.29, 0.717) is 13.0 Å². The Morgan fingerprint density at radius 2 is 2.35 bits per heavy atom. The summed E-state index contributed by atoms with van der Waals surface area (Å²) >= 11 is 5.99. The molecule has 4 heteroatoms. The first-order chi connectivity index (χ1) is 8.22. The molecule has 0 radical (unpaired) electrons. The van der Waals surface area contributed by atoms with Crippen molar-refractivity contribution >= 4 is 17.5 Å². The van der Waals surface area contributed by atoms with Crippen molar-refractivity contribution in [3.05, 3.63) is 34.9 Å². The summed E-state index contributed by atoms with van der Waals surface area (Å²) in [5.41, 5.74) is 6.56. The number of halogens is 1. The Labute approximate surface area is 107 Å². The summed E-state index contributed by atoms with van der Waals surface area (Å²) in [6.07, 6.45) is 2.49. The SMILES string of the molecule is NCCC(=O)N1CCCC1c1cccc(Cl)c1. The Hall–Kier alpha value is -1.06. The number of hydrogen-bond acceptors (Lipinski definition) is 2. The molecule has 0 aromatic heterocycles. The van der Waals surface area contributed by atoms with Gasteiger partial charge in [0.25, 0.3) is 0 Å². The van der Waals surface area contributed by atoms with Crippen molar-refractivity contribution in [2.24, 2.45) is 5.73 Å². The van der Waals surface area contributed by atoms with Gasteiger partial charge in [-0.2, -0.15) is 0 Å². The Balaban J connectivity index is 2.17. The maximum atomic E-state index is 11.9. The van der Waals surface area contributed by atoms with Gasteiger partial charge in [0, 0.05) is 24.5 Å². The van der Waals surface area contributed by atoms with Crippen LogP contribution < -0.4 is 5.73 Å². The molecule has 1 aromatic rings. The molecule has 1 fully saturated rings. The number of carbonyl (C=O) groups excluding carboxylic acids is 1. The average molecular weight is 253 g/mol. The number of benzene rings is 1. The fourth-order valence-corrected chi connectivity index (χ4v) is 2.59. The maximum absolute atomic E-state index is 11.9. The fraction of sp³-hybridized carbons (Fsp3) is 0.462. The quantitative estimate of drug-likeness (QED) is 0.898. The topological polar surface area (TPSA) is 46.3 Å². The first-order valence-electron chi connectivity index (χ1n) is 5.97. The molecule has 2 rings (SSSR count). The van der Waals surface area contributed by atoms with Gasteiger partial charge in [0.15, 0.2) is 0 Å². The molecule has 3 nitrogen and oxygen atoms in total. The lowest BCUT2D eigenvalue weighted by Gasteiger charge is -2.25. The van der Waals surface area contributed by atoms with Crippen LogP contribution in [0, 0.1) is 0 Å². The lowest BCUT2D eigenvalue weighted by Crippen LogP contribution is -2.31. The minimum Gasteiger partial charge on any atom is -0.336 e. The number of nitrogens with zero attached hydrogens (tertiary/aromatic N) is 1. The molecular weight excluding hydrogens is 236 g/mol. The zero-order chi connectivity index (χ0) is 12.3. The van der Waals surface area contributed by atoms with E-state index in [2.05, 4.69) is 0 Å². The number of hydrogen-bond donors (Lipinski definition) is 1. The third kappa shape index (κ3) is 2.79. The van der Waals surface area contributed by atoms with Crippen molar-refractivity contribution in [3.63, 3.8) is 0 Å².